The Bertz CT molecular complexity index is 164. The monoisotopic (exact) mass is 191 g/mol. The third kappa shape index (κ3) is 2.54. The van der Waals surface area contributed by atoms with E-state index in [-0.39, 0.29) is 5.60 Å². The average molecular weight is 191 g/mol. The Kier molecular flexibility index (Phi) is 3.68. The Morgan fingerprint density at radius 1 is 1.42 bits per heavy atom. The second-order valence-electron chi connectivity index (χ2n) is 3.38. The molecule has 3 nitrogen and oxygen atoms in total. The van der Waals surface area contributed by atoms with Gasteiger partial charge in [-0.25, -0.2) is 4.21 Å². The Hall–Kier alpha value is 0.0700. The molecule has 0 aromatic heterocycles. The molecule has 0 N–H and O–H groups in total. The highest BCUT2D eigenvalue weighted by Gasteiger charge is 2.31. The van der Waals surface area contributed by atoms with Crippen LogP contribution in [0.2, 0.25) is 0 Å². The largest absolute Gasteiger partial charge is 0.750 e. The molecule has 1 saturated carbocycles. The van der Waals surface area contributed by atoms with Gasteiger partial charge in [-0.3, -0.25) is 4.18 Å². The summed E-state index contributed by atoms with van der Waals surface area (Å²) in [7, 11) is 0. The van der Waals surface area contributed by atoms with E-state index in [9.17, 15) is 8.76 Å². The van der Waals surface area contributed by atoms with Gasteiger partial charge in [-0.1, -0.05) is 26.2 Å². The second-order valence-corrected chi connectivity index (χ2v) is 3.96. The summed E-state index contributed by atoms with van der Waals surface area (Å²) < 4.78 is 25.8. The minimum absolute atomic E-state index is 0.370. The lowest BCUT2D eigenvalue weighted by Crippen LogP contribution is -2.34. The predicted octanol–water partition coefficient (Wildman–Crippen LogP) is 1.91. The number of hydrogen-bond donors (Lipinski definition) is 0. The van der Waals surface area contributed by atoms with Crippen molar-refractivity contribution in [1.29, 1.82) is 0 Å². The van der Waals surface area contributed by atoms with Crippen LogP contribution in [0, 0.1) is 0 Å². The summed E-state index contributed by atoms with van der Waals surface area (Å²) in [6.07, 6.45) is 5.95. The topological polar surface area (TPSA) is 49.4 Å². The van der Waals surface area contributed by atoms with Gasteiger partial charge in [0.15, 0.2) is 0 Å². The highest BCUT2D eigenvalue weighted by atomic mass is 32.2. The number of rotatable bonds is 3. The fourth-order valence-corrected chi connectivity index (χ4v) is 2.41. The zero-order valence-electron chi connectivity index (χ0n) is 7.38. The van der Waals surface area contributed by atoms with E-state index >= 15 is 0 Å². The molecular formula is C8H15O3S-. The molecule has 0 radical (unpaired) electrons. The maximum atomic E-state index is 10.4. The van der Waals surface area contributed by atoms with Gasteiger partial charge in [-0.2, -0.15) is 0 Å². The molecule has 0 aromatic carbocycles. The van der Waals surface area contributed by atoms with Gasteiger partial charge in [0, 0.05) is 0 Å². The highest BCUT2D eigenvalue weighted by Crippen LogP contribution is 2.34. The van der Waals surface area contributed by atoms with Crippen LogP contribution in [0.1, 0.15) is 45.4 Å². The zero-order valence-corrected chi connectivity index (χ0v) is 8.19. The first-order valence-electron chi connectivity index (χ1n) is 4.47. The Balaban J connectivity index is 2.53. The normalized spacial score (nSPS) is 25.2. The molecule has 72 valence electrons. The summed E-state index contributed by atoms with van der Waals surface area (Å²) in [4.78, 5) is 0. The summed E-state index contributed by atoms with van der Waals surface area (Å²) >= 11 is -2.35. The molecule has 12 heavy (non-hydrogen) atoms. The Labute approximate surface area is 76.0 Å². The quantitative estimate of drug-likeness (QED) is 0.640. The zero-order chi connectivity index (χ0) is 9.03. The molecule has 1 aliphatic rings. The number of hydrogen-bond acceptors (Lipinski definition) is 3. The van der Waals surface area contributed by atoms with E-state index in [0.29, 0.717) is 0 Å². The molecule has 1 aliphatic carbocycles. The van der Waals surface area contributed by atoms with Crippen LogP contribution in [0.5, 0.6) is 0 Å². The summed E-state index contributed by atoms with van der Waals surface area (Å²) in [5.41, 5.74) is -0.370. The van der Waals surface area contributed by atoms with Gasteiger partial charge in [-0.15, -0.1) is 0 Å². The molecule has 1 rings (SSSR count). The van der Waals surface area contributed by atoms with Crippen LogP contribution in [0.15, 0.2) is 0 Å². The van der Waals surface area contributed by atoms with Crippen molar-refractivity contribution in [2.45, 2.75) is 51.0 Å². The maximum Gasteiger partial charge on any atom is 0.0847 e. The molecule has 1 fully saturated rings. The summed E-state index contributed by atoms with van der Waals surface area (Å²) in [5, 5.41) is 0. The molecule has 0 saturated heterocycles. The minimum Gasteiger partial charge on any atom is -0.750 e. The third-order valence-corrected chi connectivity index (χ3v) is 3.14. The lowest BCUT2D eigenvalue weighted by molar-refractivity contribution is 0.0305. The van der Waals surface area contributed by atoms with Crippen molar-refractivity contribution in [1.82, 2.24) is 0 Å². The molecule has 1 atom stereocenters. The van der Waals surface area contributed by atoms with Gasteiger partial charge in [0.1, 0.15) is 0 Å². The Morgan fingerprint density at radius 2 is 2.00 bits per heavy atom. The lowest BCUT2D eigenvalue weighted by atomic mass is 9.83. The predicted molar refractivity (Wildman–Crippen MR) is 46.1 cm³/mol. The lowest BCUT2D eigenvalue weighted by Gasteiger charge is -2.36. The average Bonchev–Trinajstić information content (AvgIpc) is 2.05. The van der Waals surface area contributed by atoms with Crippen molar-refractivity contribution < 1.29 is 12.9 Å². The molecule has 0 aliphatic heterocycles. The Morgan fingerprint density at radius 3 is 2.42 bits per heavy atom. The third-order valence-electron chi connectivity index (χ3n) is 2.65. The summed E-state index contributed by atoms with van der Waals surface area (Å²) in [6.45, 7) is 1.98. The van der Waals surface area contributed by atoms with E-state index in [4.69, 9.17) is 4.18 Å². The van der Waals surface area contributed by atoms with Gasteiger partial charge in [0.05, 0.1) is 17.0 Å². The molecule has 4 heteroatoms. The van der Waals surface area contributed by atoms with Gasteiger partial charge in [0.25, 0.3) is 0 Å². The molecular weight excluding hydrogens is 176 g/mol. The standard InChI is InChI=1S/C8H16O3S/c1-2-8(11-12(9)10)6-4-3-5-7-8/h2-7H2,1H3,(H,9,10)/p-1. The molecule has 0 bridgehead atoms. The van der Waals surface area contributed by atoms with E-state index < -0.39 is 11.4 Å². The van der Waals surface area contributed by atoms with E-state index in [1.165, 1.54) is 6.42 Å². The van der Waals surface area contributed by atoms with Crippen LogP contribution >= 0.6 is 0 Å². The van der Waals surface area contributed by atoms with Crippen molar-refractivity contribution >= 4 is 11.4 Å². The molecule has 0 spiro atoms. The van der Waals surface area contributed by atoms with Crippen molar-refractivity contribution in [2.75, 3.05) is 0 Å². The molecule has 0 aromatic rings. The first-order valence-corrected chi connectivity index (χ1v) is 5.47. The van der Waals surface area contributed by atoms with Crippen molar-refractivity contribution in [2.24, 2.45) is 0 Å². The fourth-order valence-electron chi connectivity index (χ4n) is 1.84. The highest BCUT2D eigenvalue weighted by molar-refractivity contribution is 7.74. The van der Waals surface area contributed by atoms with Crippen molar-refractivity contribution in [3.05, 3.63) is 0 Å². The molecule has 0 heterocycles. The van der Waals surface area contributed by atoms with E-state index in [1.54, 1.807) is 0 Å². The fraction of sp³-hybridized carbons (Fsp3) is 1.00. The summed E-state index contributed by atoms with van der Waals surface area (Å²) in [6, 6.07) is 0. The van der Waals surface area contributed by atoms with Gasteiger partial charge in [0.2, 0.25) is 0 Å². The van der Waals surface area contributed by atoms with Crippen LogP contribution in [-0.4, -0.2) is 14.4 Å². The smallest absolute Gasteiger partial charge is 0.0847 e. The SMILES string of the molecule is CCC1(OS(=O)[O-])CCCCC1. The van der Waals surface area contributed by atoms with Crippen LogP contribution < -0.4 is 0 Å². The van der Waals surface area contributed by atoms with Crippen LogP contribution in [0.3, 0.4) is 0 Å². The second kappa shape index (κ2) is 4.35. The van der Waals surface area contributed by atoms with Crippen molar-refractivity contribution in [3.8, 4) is 0 Å². The van der Waals surface area contributed by atoms with Crippen LogP contribution in [0.4, 0.5) is 0 Å². The van der Waals surface area contributed by atoms with E-state index in [2.05, 4.69) is 0 Å². The summed E-state index contributed by atoms with van der Waals surface area (Å²) in [5.74, 6) is 0. The van der Waals surface area contributed by atoms with Gasteiger partial charge < -0.3 is 4.55 Å². The van der Waals surface area contributed by atoms with E-state index in [1.807, 2.05) is 6.92 Å². The van der Waals surface area contributed by atoms with Gasteiger partial charge in [-0.05, 0) is 19.3 Å². The first kappa shape index (κ1) is 10.2. The van der Waals surface area contributed by atoms with Gasteiger partial charge >= 0.3 is 0 Å². The van der Waals surface area contributed by atoms with Crippen LogP contribution in [0.25, 0.3) is 0 Å². The molecule has 1 unspecified atom stereocenters. The van der Waals surface area contributed by atoms with Crippen LogP contribution in [-0.2, 0) is 15.5 Å². The van der Waals surface area contributed by atoms with Crippen molar-refractivity contribution in [3.63, 3.8) is 0 Å². The minimum atomic E-state index is -2.35. The van der Waals surface area contributed by atoms with E-state index in [0.717, 1.165) is 32.1 Å². The first-order chi connectivity index (χ1) is 5.68. The molecule has 0 amide bonds. The maximum absolute atomic E-state index is 10.4.